The number of hydrogen-bond acceptors (Lipinski definition) is 5. The molecule has 1 N–H and O–H groups in total. The van der Waals surface area contributed by atoms with Gasteiger partial charge in [0.05, 0.1) is 4.90 Å². The van der Waals surface area contributed by atoms with Crippen LogP contribution in [0.1, 0.15) is 12.5 Å². The summed E-state index contributed by atoms with van der Waals surface area (Å²) in [5.41, 5.74) is 1.50. The topological polar surface area (TPSA) is 92.8 Å². The number of fused-ring (bicyclic) bond motifs is 1. The number of nitrogens with zero attached hydrogens (tertiary/aromatic N) is 1. The minimum Gasteiger partial charge on any atom is -0.452 e. The average Bonchev–Trinajstić information content (AvgIpc) is 2.73. The molecule has 7 nitrogen and oxygen atoms in total. The summed E-state index contributed by atoms with van der Waals surface area (Å²) < 4.78 is 31.2. The van der Waals surface area contributed by atoms with Crippen LogP contribution in [0.4, 0.5) is 5.69 Å². The van der Waals surface area contributed by atoms with Crippen molar-refractivity contribution in [2.45, 2.75) is 24.8 Å². The Hall–Kier alpha value is -3.23. The van der Waals surface area contributed by atoms with Crippen LogP contribution in [0.3, 0.4) is 0 Å². The van der Waals surface area contributed by atoms with Crippen molar-refractivity contribution < 1.29 is 22.7 Å². The highest BCUT2D eigenvalue weighted by molar-refractivity contribution is 7.89. The van der Waals surface area contributed by atoms with Gasteiger partial charge >= 0.3 is 5.97 Å². The van der Waals surface area contributed by atoms with Gasteiger partial charge in [-0.2, -0.15) is 4.31 Å². The lowest BCUT2D eigenvalue weighted by molar-refractivity contribution is -0.153. The number of amides is 1. The Balaban J connectivity index is 1.58. The van der Waals surface area contributed by atoms with E-state index >= 15 is 0 Å². The number of sulfonamides is 1. The molecule has 3 aromatic carbocycles. The van der Waals surface area contributed by atoms with Crippen molar-refractivity contribution in [3.8, 4) is 0 Å². The minimum atomic E-state index is -3.84. The van der Waals surface area contributed by atoms with Gasteiger partial charge in [0.15, 0.2) is 6.10 Å². The van der Waals surface area contributed by atoms with Crippen molar-refractivity contribution in [1.29, 1.82) is 0 Å². The number of aryl methyl sites for hydroxylation is 1. The second-order valence-electron chi connectivity index (χ2n) is 7.26. The van der Waals surface area contributed by atoms with E-state index in [1.807, 2.05) is 43.3 Å². The predicted octanol–water partition coefficient (Wildman–Crippen LogP) is 3.34. The van der Waals surface area contributed by atoms with E-state index in [4.69, 9.17) is 4.74 Å². The zero-order valence-corrected chi connectivity index (χ0v) is 18.3. The molecule has 0 bridgehead atoms. The van der Waals surface area contributed by atoms with Crippen molar-refractivity contribution in [2.24, 2.45) is 0 Å². The van der Waals surface area contributed by atoms with Crippen molar-refractivity contribution in [1.82, 2.24) is 4.31 Å². The van der Waals surface area contributed by atoms with E-state index in [-0.39, 0.29) is 4.90 Å². The first-order valence-corrected chi connectivity index (χ1v) is 11.1. The molecule has 0 aliphatic rings. The largest absolute Gasteiger partial charge is 0.452 e. The molecule has 8 heteroatoms. The third-order valence-electron chi connectivity index (χ3n) is 4.78. The summed E-state index contributed by atoms with van der Waals surface area (Å²) in [6.45, 7) is 2.77. The number of benzene rings is 3. The molecule has 0 saturated carbocycles. The first-order chi connectivity index (χ1) is 14.7. The van der Waals surface area contributed by atoms with Gasteiger partial charge in [0.1, 0.15) is 6.54 Å². The lowest BCUT2D eigenvalue weighted by Gasteiger charge is -2.18. The number of rotatable bonds is 7. The molecule has 1 unspecified atom stereocenters. The molecule has 0 fully saturated rings. The zero-order valence-electron chi connectivity index (χ0n) is 17.5. The number of esters is 1. The van der Waals surface area contributed by atoms with E-state index in [1.54, 1.807) is 18.2 Å². The molecule has 0 aliphatic heterocycles. The van der Waals surface area contributed by atoms with Crippen molar-refractivity contribution in [3.05, 3.63) is 72.3 Å². The Morgan fingerprint density at radius 2 is 1.65 bits per heavy atom. The summed E-state index contributed by atoms with van der Waals surface area (Å²) in [6, 6.07) is 19.5. The van der Waals surface area contributed by atoms with Gasteiger partial charge < -0.3 is 10.1 Å². The van der Waals surface area contributed by atoms with Crippen LogP contribution in [-0.2, 0) is 24.3 Å². The lowest BCUT2D eigenvalue weighted by atomic mass is 10.1. The molecule has 1 amide bonds. The standard InChI is InChI=1S/C23H24N2O5S/c1-16-8-12-21(13-9-16)31(28,29)25(3)15-22(26)30-17(2)23(27)24-20-11-10-18-6-4-5-7-19(18)14-20/h4-14,17H,15H2,1-3H3,(H,24,27). The molecular weight excluding hydrogens is 416 g/mol. The maximum Gasteiger partial charge on any atom is 0.322 e. The van der Waals surface area contributed by atoms with E-state index in [9.17, 15) is 18.0 Å². The average molecular weight is 441 g/mol. The quantitative estimate of drug-likeness (QED) is 0.569. The Morgan fingerprint density at radius 3 is 2.32 bits per heavy atom. The summed E-state index contributed by atoms with van der Waals surface area (Å²) in [5.74, 6) is -1.33. The van der Waals surface area contributed by atoms with Crippen LogP contribution in [0.2, 0.25) is 0 Å². The maximum atomic E-state index is 12.6. The highest BCUT2D eigenvalue weighted by Crippen LogP contribution is 2.19. The maximum absolute atomic E-state index is 12.6. The first kappa shape index (κ1) is 22.5. The molecule has 0 saturated heterocycles. The molecule has 0 spiro atoms. The number of carbonyl (C=O) groups is 2. The fourth-order valence-electron chi connectivity index (χ4n) is 2.96. The summed E-state index contributed by atoms with van der Waals surface area (Å²) >= 11 is 0. The van der Waals surface area contributed by atoms with Crippen LogP contribution in [0, 0.1) is 6.92 Å². The van der Waals surface area contributed by atoms with Gasteiger partial charge in [0.25, 0.3) is 5.91 Å². The fourth-order valence-corrected chi connectivity index (χ4v) is 4.07. The van der Waals surface area contributed by atoms with E-state index in [1.165, 1.54) is 26.1 Å². The molecule has 0 aromatic heterocycles. The Bertz CT molecular complexity index is 1210. The monoisotopic (exact) mass is 440 g/mol. The second kappa shape index (κ2) is 9.28. The van der Waals surface area contributed by atoms with Crippen molar-refractivity contribution in [2.75, 3.05) is 18.9 Å². The summed E-state index contributed by atoms with van der Waals surface area (Å²) in [5, 5.41) is 4.71. The number of nitrogens with one attached hydrogen (secondary N) is 1. The van der Waals surface area contributed by atoms with E-state index in [2.05, 4.69) is 5.32 Å². The summed E-state index contributed by atoms with van der Waals surface area (Å²) in [7, 11) is -2.56. The first-order valence-electron chi connectivity index (χ1n) is 9.69. The summed E-state index contributed by atoms with van der Waals surface area (Å²) in [4.78, 5) is 24.7. The molecule has 31 heavy (non-hydrogen) atoms. The molecular formula is C23H24N2O5S. The number of ether oxygens (including phenoxy) is 1. The zero-order chi connectivity index (χ0) is 22.6. The Labute approximate surface area is 181 Å². The van der Waals surface area contributed by atoms with E-state index < -0.39 is 34.5 Å². The third kappa shape index (κ3) is 5.48. The van der Waals surface area contributed by atoms with Crippen LogP contribution in [0.5, 0.6) is 0 Å². The van der Waals surface area contributed by atoms with E-state index in [0.717, 1.165) is 20.6 Å². The molecule has 0 heterocycles. The van der Waals surface area contributed by atoms with Crippen LogP contribution >= 0.6 is 0 Å². The van der Waals surface area contributed by atoms with Crippen LogP contribution in [-0.4, -0.2) is 44.3 Å². The number of hydrogen-bond donors (Lipinski definition) is 1. The van der Waals surface area contributed by atoms with Gasteiger partial charge in [-0.1, -0.05) is 48.0 Å². The van der Waals surface area contributed by atoms with Gasteiger partial charge in [-0.25, -0.2) is 8.42 Å². The lowest BCUT2D eigenvalue weighted by Crippen LogP contribution is -2.37. The smallest absolute Gasteiger partial charge is 0.322 e. The molecule has 0 aliphatic carbocycles. The predicted molar refractivity (Wildman–Crippen MR) is 119 cm³/mol. The number of carbonyl (C=O) groups excluding carboxylic acids is 2. The van der Waals surface area contributed by atoms with Crippen LogP contribution < -0.4 is 5.32 Å². The van der Waals surface area contributed by atoms with Gasteiger partial charge in [0, 0.05) is 12.7 Å². The molecule has 162 valence electrons. The highest BCUT2D eigenvalue weighted by atomic mass is 32.2. The second-order valence-corrected chi connectivity index (χ2v) is 9.30. The van der Waals surface area contributed by atoms with Crippen LogP contribution in [0.25, 0.3) is 10.8 Å². The van der Waals surface area contributed by atoms with Gasteiger partial charge in [-0.05, 0) is 48.9 Å². The molecule has 1 atom stereocenters. The Morgan fingerprint density at radius 1 is 1.00 bits per heavy atom. The van der Waals surface area contributed by atoms with E-state index in [0.29, 0.717) is 5.69 Å². The SMILES string of the molecule is Cc1ccc(S(=O)(=O)N(C)CC(=O)OC(C)C(=O)Nc2ccc3ccccc3c2)cc1. The number of anilines is 1. The van der Waals surface area contributed by atoms with Crippen LogP contribution in [0.15, 0.2) is 71.6 Å². The van der Waals surface area contributed by atoms with Crippen molar-refractivity contribution >= 4 is 38.4 Å². The van der Waals surface area contributed by atoms with Gasteiger partial charge in [0.2, 0.25) is 10.0 Å². The van der Waals surface area contributed by atoms with Gasteiger partial charge in [-0.15, -0.1) is 0 Å². The van der Waals surface area contributed by atoms with Crippen molar-refractivity contribution in [3.63, 3.8) is 0 Å². The molecule has 0 radical (unpaired) electrons. The normalized spacial score (nSPS) is 12.5. The fraction of sp³-hybridized carbons (Fsp3) is 0.217. The van der Waals surface area contributed by atoms with Gasteiger partial charge in [-0.3, -0.25) is 9.59 Å². The summed E-state index contributed by atoms with van der Waals surface area (Å²) in [6.07, 6.45) is -1.09. The molecule has 3 rings (SSSR count). The highest BCUT2D eigenvalue weighted by Gasteiger charge is 2.25. The number of likely N-dealkylation sites (N-methyl/N-ethyl adjacent to an activating group) is 1. The minimum absolute atomic E-state index is 0.0792. The molecule has 3 aromatic rings. The Kier molecular flexibility index (Phi) is 6.72. The third-order valence-corrected chi connectivity index (χ3v) is 6.59.